The molecular weight excluding hydrogens is 404 g/mol. The minimum Gasteiger partial charge on any atom is -0.497 e. The molecule has 0 spiro atoms. The number of methoxy groups -OCH3 is 1. The van der Waals surface area contributed by atoms with E-state index in [0.717, 1.165) is 46.8 Å². The largest absolute Gasteiger partial charge is 0.497 e. The zero-order chi connectivity index (χ0) is 20.2. The molecule has 1 amide bonds. The highest BCUT2D eigenvalue weighted by molar-refractivity contribution is 8.00. The van der Waals surface area contributed by atoms with Gasteiger partial charge in [0.25, 0.3) is 5.19 Å². The Morgan fingerprint density at radius 1 is 1.21 bits per heavy atom. The number of likely N-dealkylation sites (tertiary alicyclic amines) is 1. The number of amides is 1. The van der Waals surface area contributed by atoms with Crippen molar-refractivity contribution in [3.05, 3.63) is 48.0 Å². The third-order valence-corrected chi connectivity index (χ3v) is 6.94. The summed E-state index contributed by atoms with van der Waals surface area (Å²) in [6, 6.07) is 14.2. The summed E-state index contributed by atoms with van der Waals surface area (Å²) in [6.07, 6.45) is 1.77. The zero-order valence-electron chi connectivity index (χ0n) is 16.6. The number of thiazole rings is 1. The Hall–Kier alpha value is -2.25. The number of carbonyl (C=O) groups excluding carboxylic acids is 1. The molecule has 1 fully saturated rings. The Morgan fingerprint density at radius 3 is 2.69 bits per heavy atom. The van der Waals surface area contributed by atoms with Crippen LogP contribution in [0.4, 0.5) is 0 Å². The van der Waals surface area contributed by atoms with Crippen LogP contribution in [0.25, 0.3) is 10.2 Å². The van der Waals surface area contributed by atoms with Gasteiger partial charge in [-0.25, -0.2) is 4.98 Å². The first kappa shape index (κ1) is 20.0. The number of ether oxygens (including phenoxy) is 2. The lowest BCUT2D eigenvalue weighted by molar-refractivity contribution is -0.130. The Morgan fingerprint density at radius 2 is 1.97 bits per heavy atom. The number of aromatic nitrogens is 1. The number of thioether (sulfide) groups is 1. The predicted molar refractivity (Wildman–Crippen MR) is 118 cm³/mol. The van der Waals surface area contributed by atoms with Crippen molar-refractivity contribution < 1.29 is 14.3 Å². The Kier molecular flexibility index (Phi) is 6.25. The first-order valence-electron chi connectivity index (χ1n) is 9.69. The highest BCUT2D eigenvalue weighted by Gasteiger charge is 2.24. The molecule has 5 nitrogen and oxygen atoms in total. The molecule has 29 heavy (non-hydrogen) atoms. The van der Waals surface area contributed by atoms with Crippen LogP contribution in [-0.4, -0.2) is 47.8 Å². The summed E-state index contributed by atoms with van der Waals surface area (Å²) in [5, 5.41) is 0.688. The van der Waals surface area contributed by atoms with Gasteiger partial charge in [0, 0.05) is 36.9 Å². The number of benzene rings is 2. The fourth-order valence-electron chi connectivity index (χ4n) is 3.30. The van der Waals surface area contributed by atoms with Crippen molar-refractivity contribution in [3.63, 3.8) is 0 Å². The van der Waals surface area contributed by atoms with Gasteiger partial charge in [0.1, 0.15) is 11.9 Å². The van der Waals surface area contributed by atoms with Crippen molar-refractivity contribution in [2.24, 2.45) is 0 Å². The van der Waals surface area contributed by atoms with Crippen LogP contribution in [0.5, 0.6) is 10.9 Å². The van der Waals surface area contributed by atoms with Crippen LogP contribution < -0.4 is 9.47 Å². The van der Waals surface area contributed by atoms with E-state index in [-0.39, 0.29) is 12.0 Å². The van der Waals surface area contributed by atoms with Gasteiger partial charge < -0.3 is 14.4 Å². The number of fused-ring (bicyclic) bond motifs is 1. The molecule has 3 aromatic rings. The van der Waals surface area contributed by atoms with Crippen molar-refractivity contribution in [3.8, 4) is 10.9 Å². The number of rotatable bonds is 6. The maximum absolute atomic E-state index is 12.5. The topological polar surface area (TPSA) is 51.7 Å². The van der Waals surface area contributed by atoms with Crippen LogP contribution in [0.15, 0.2) is 47.4 Å². The van der Waals surface area contributed by atoms with Crippen LogP contribution in [0, 0.1) is 6.92 Å². The summed E-state index contributed by atoms with van der Waals surface area (Å²) >= 11 is 3.15. The molecule has 7 heteroatoms. The van der Waals surface area contributed by atoms with E-state index in [1.165, 1.54) is 5.56 Å². The third-order valence-electron chi connectivity index (χ3n) is 5.02. The zero-order valence-corrected chi connectivity index (χ0v) is 18.2. The van der Waals surface area contributed by atoms with E-state index in [0.29, 0.717) is 10.9 Å². The standard InChI is InChI=1S/C22H24N2O3S2/c1-15-3-6-18(7-4-15)28-14-21(25)24-11-9-16(10-12-24)27-22-23-19-13-17(26-2)5-8-20(19)29-22/h3-8,13,16H,9-12,14H2,1-2H3. The molecule has 0 unspecified atom stereocenters. The SMILES string of the molecule is COc1ccc2sc(OC3CCN(C(=O)CSc4ccc(C)cc4)CC3)nc2c1. The van der Waals surface area contributed by atoms with Gasteiger partial charge in [0.05, 0.1) is 23.1 Å². The van der Waals surface area contributed by atoms with Gasteiger partial charge in [-0.2, -0.15) is 0 Å². The van der Waals surface area contributed by atoms with Crippen molar-refractivity contribution in [1.82, 2.24) is 9.88 Å². The lowest BCUT2D eigenvalue weighted by atomic mass is 10.1. The molecular formula is C22H24N2O3S2. The van der Waals surface area contributed by atoms with Crippen molar-refractivity contribution in [1.29, 1.82) is 0 Å². The molecule has 1 aliphatic heterocycles. The van der Waals surface area contributed by atoms with Gasteiger partial charge in [0.2, 0.25) is 5.91 Å². The minimum absolute atomic E-state index is 0.103. The normalized spacial score (nSPS) is 14.9. The highest BCUT2D eigenvalue weighted by Crippen LogP contribution is 2.32. The first-order chi connectivity index (χ1) is 14.1. The lowest BCUT2D eigenvalue weighted by Crippen LogP contribution is -2.42. The molecule has 0 aliphatic carbocycles. The summed E-state index contributed by atoms with van der Waals surface area (Å²) in [6.45, 7) is 3.53. The Bertz CT molecular complexity index is 979. The fourth-order valence-corrected chi connectivity index (χ4v) is 4.96. The maximum atomic E-state index is 12.5. The van der Waals surface area contributed by atoms with Gasteiger partial charge in [-0.3, -0.25) is 4.79 Å². The molecule has 0 atom stereocenters. The third kappa shape index (κ3) is 5.03. The summed E-state index contributed by atoms with van der Waals surface area (Å²) in [7, 11) is 1.65. The van der Waals surface area contributed by atoms with Crippen molar-refractivity contribution in [2.75, 3.05) is 26.0 Å². The molecule has 0 saturated carbocycles. The highest BCUT2D eigenvalue weighted by atomic mass is 32.2. The summed E-state index contributed by atoms with van der Waals surface area (Å²) in [5.74, 6) is 1.47. The molecule has 2 heterocycles. The number of hydrogen-bond acceptors (Lipinski definition) is 6. The van der Waals surface area contributed by atoms with Crippen molar-refractivity contribution >= 4 is 39.2 Å². The number of hydrogen-bond donors (Lipinski definition) is 0. The summed E-state index contributed by atoms with van der Waals surface area (Å²) in [4.78, 5) is 20.2. The second-order valence-corrected chi connectivity index (χ2v) is 9.16. The maximum Gasteiger partial charge on any atom is 0.274 e. The number of aryl methyl sites for hydroxylation is 1. The minimum atomic E-state index is 0.103. The molecule has 0 N–H and O–H groups in total. The number of carbonyl (C=O) groups is 1. The van der Waals surface area contributed by atoms with Crippen molar-refractivity contribution in [2.45, 2.75) is 30.8 Å². The summed E-state index contributed by atoms with van der Waals surface area (Å²) in [5.41, 5.74) is 2.13. The predicted octanol–water partition coefficient (Wildman–Crippen LogP) is 4.78. The van der Waals surface area contributed by atoms with E-state index in [9.17, 15) is 4.79 Å². The number of piperidine rings is 1. The van der Waals surface area contributed by atoms with Crippen LogP contribution >= 0.6 is 23.1 Å². The van der Waals surface area contributed by atoms with E-state index in [1.807, 2.05) is 23.1 Å². The van der Waals surface area contributed by atoms with E-state index in [4.69, 9.17) is 9.47 Å². The molecule has 0 radical (unpaired) electrons. The number of nitrogens with zero attached hydrogens (tertiary/aromatic N) is 2. The quantitative estimate of drug-likeness (QED) is 0.529. The monoisotopic (exact) mass is 428 g/mol. The lowest BCUT2D eigenvalue weighted by Gasteiger charge is -2.31. The second-order valence-electron chi connectivity index (χ2n) is 7.11. The van der Waals surface area contributed by atoms with Gasteiger partial charge in [-0.15, -0.1) is 11.8 Å². The molecule has 1 aliphatic rings. The first-order valence-corrected chi connectivity index (χ1v) is 11.5. The van der Waals surface area contributed by atoms with Crippen LogP contribution in [0.3, 0.4) is 0 Å². The Labute approximate surface area is 179 Å². The van der Waals surface area contributed by atoms with Crippen LogP contribution in [0.1, 0.15) is 18.4 Å². The smallest absolute Gasteiger partial charge is 0.274 e. The molecule has 1 saturated heterocycles. The fraction of sp³-hybridized carbons (Fsp3) is 0.364. The Balaban J connectivity index is 1.26. The van der Waals surface area contributed by atoms with Gasteiger partial charge >= 0.3 is 0 Å². The van der Waals surface area contributed by atoms with Gasteiger partial charge in [-0.1, -0.05) is 29.0 Å². The molecule has 0 bridgehead atoms. The van der Waals surface area contributed by atoms with Crippen LogP contribution in [-0.2, 0) is 4.79 Å². The summed E-state index contributed by atoms with van der Waals surface area (Å²) < 4.78 is 12.4. The molecule has 2 aromatic carbocycles. The molecule has 4 rings (SSSR count). The average Bonchev–Trinajstić information content (AvgIpc) is 3.15. The second kappa shape index (κ2) is 9.05. The van der Waals surface area contributed by atoms with Crippen LogP contribution in [0.2, 0.25) is 0 Å². The van der Waals surface area contributed by atoms with E-state index < -0.39 is 0 Å². The van der Waals surface area contributed by atoms with Gasteiger partial charge in [0.15, 0.2) is 0 Å². The average molecular weight is 429 g/mol. The van der Waals surface area contributed by atoms with E-state index in [1.54, 1.807) is 30.2 Å². The molecule has 152 valence electrons. The van der Waals surface area contributed by atoms with E-state index in [2.05, 4.69) is 36.2 Å². The molecule has 1 aromatic heterocycles. The van der Waals surface area contributed by atoms with Gasteiger partial charge in [-0.05, 0) is 31.2 Å². The van der Waals surface area contributed by atoms with E-state index >= 15 is 0 Å².